The van der Waals surface area contributed by atoms with Gasteiger partial charge in [0, 0.05) is 11.5 Å². The van der Waals surface area contributed by atoms with Gasteiger partial charge >= 0.3 is 0 Å². The molecule has 0 heterocycles. The van der Waals surface area contributed by atoms with Gasteiger partial charge in [-0.3, -0.25) is 0 Å². The van der Waals surface area contributed by atoms with Crippen molar-refractivity contribution in [3.63, 3.8) is 0 Å². The van der Waals surface area contributed by atoms with Crippen molar-refractivity contribution < 1.29 is 14.2 Å². The summed E-state index contributed by atoms with van der Waals surface area (Å²) in [4.78, 5) is 0. The van der Waals surface area contributed by atoms with Crippen molar-refractivity contribution in [1.29, 1.82) is 0 Å². The second-order valence-electron chi connectivity index (χ2n) is 3.82. The van der Waals surface area contributed by atoms with Crippen molar-refractivity contribution in [2.75, 3.05) is 21.3 Å². The standard InChI is InChI=1S/C14H16O3/c1-9-12-7-10(15-2)5-6-11(12)14(17-4)8-13(9)16-3/h5-8H,1-4H3. The summed E-state index contributed by atoms with van der Waals surface area (Å²) in [6.45, 7) is 2.03. The molecule has 0 N–H and O–H groups in total. The maximum absolute atomic E-state index is 5.38. The van der Waals surface area contributed by atoms with Crippen LogP contribution >= 0.6 is 0 Å². The Bertz CT molecular complexity index is 547. The number of hydrogen-bond donors (Lipinski definition) is 0. The molecule has 0 fully saturated rings. The van der Waals surface area contributed by atoms with Gasteiger partial charge in [0.05, 0.1) is 21.3 Å². The largest absolute Gasteiger partial charge is 0.497 e. The fraction of sp³-hybridized carbons (Fsp3) is 0.286. The molecule has 2 aromatic carbocycles. The molecule has 17 heavy (non-hydrogen) atoms. The second-order valence-corrected chi connectivity index (χ2v) is 3.82. The summed E-state index contributed by atoms with van der Waals surface area (Å²) in [5, 5.41) is 2.15. The van der Waals surface area contributed by atoms with E-state index < -0.39 is 0 Å². The Hall–Kier alpha value is -1.90. The van der Waals surface area contributed by atoms with Crippen LogP contribution in [0.1, 0.15) is 5.56 Å². The van der Waals surface area contributed by atoms with E-state index in [9.17, 15) is 0 Å². The maximum atomic E-state index is 5.38. The Morgan fingerprint density at radius 2 is 1.47 bits per heavy atom. The number of benzene rings is 2. The Labute approximate surface area is 101 Å². The van der Waals surface area contributed by atoms with E-state index in [1.807, 2.05) is 31.2 Å². The number of methoxy groups -OCH3 is 3. The van der Waals surface area contributed by atoms with E-state index in [0.717, 1.165) is 33.6 Å². The number of ether oxygens (including phenoxy) is 3. The van der Waals surface area contributed by atoms with E-state index in [4.69, 9.17) is 14.2 Å². The van der Waals surface area contributed by atoms with Crippen LogP contribution in [0.3, 0.4) is 0 Å². The lowest BCUT2D eigenvalue weighted by molar-refractivity contribution is 0.395. The Morgan fingerprint density at radius 3 is 2.06 bits per heavy atom. The third-order valence-corrected chi connectivity index (χ3v) is 2.97. The van der Waals surface area contributed by atoms with Gasteiger partial charge in [0.2, 0.25) is 0 Å². The molecule has 0 radical (unpaired) electrons. The molecule has 0 aliphatic carbocycles. The fourth-order valence-electron chi connectivity index (χ4n) is 1.99. The Balaban J connectivity index is 2.80. The van der Waals surface area contributed by atoms with Crippen molar-refractivity contribution in [3.05, 3.63) is 29.8 Å². The summed E-state index contributed by atoms with van der Waals surface area (Å²) < 4.78 is 16.0. The van der Waals surface area contributed by atoms with Crippen molar-refractivity contribution in [3.8, 4) is 17.2 Å². The molecular weight excluding hydrogens is 216 g/mol. The third kappa shape index (κ3) is 1.88. The molecule has 0 saturated carbocycles. The molecule has 0 aliphatic rings. The lowest BCUT2D eigenvalue weighted by atomic mass is 10.0. The first kappa shape index (κ1) is 11.6. The van der Waals surface area contributed by atoms with E-state index >= 15 is 0 Å². The Kier molecular flexibility index (Phi) is 3.09. The van der Waals surface area contributed by atoms with Gasteiger partial charge < -0.3 is 14.2 Å². The summed E-state index contributed by atoms with van der Waals surface area (Å²) in [6, 6.07) is 7.83. The minimum absolute atomic E-state index is 0.810. The zero-order valence-corrected chi connectivity index (χ0v) is 10.5. The number of hydrogen-bond acceptors (Lipinski definition) is 3. The van der Waals surface area contributed by atoms with Crippen molar-refractivity contribution in [2.24, 2.45) is 0 Å². The third-order valence-electron chi connectivity index (χ3n) is 2.97. The summed E-state index contributed by atoms with van der Waals surface area (Å²) in [7, 11) is 4.98. The molecule has 0 atom stereocenters. The fourth-order valence-corrected chi connectivity index (χ4v) is 1.99. The van der Waals surface area contributed by atoms with Gasteiger partial charge in [0.25, 0.3) is 0 Å². The highest BCUT2D eigenvalue weighted by molar-refractivity contribution is 5.93. The molecule has 0 saturated heterocycles. The topological polar surface area (TPSA) is 27.7 Å². The van der Waals surface area contributed by atoms with Crippen LogP contribution in [0.5, 0.6) is 17.2 Å². The van der Waals surface area contributed by atoms with Gasteiger partial charge in [-0.2, -0.15) is 0 Å². The predicted octanol–water partition coefficient (Wildman–Crippen LogP) is 3.17. The quantitative estimate of drug-likeness (QED) is 0.813. The molecule has 0 amide bonds. The van der Waals surface area contributed by atoms with Crippen LogP contribution in [0.4, 0.5) is 0 Å². The highest BCUT2D eigenvalue weighted by Crippen LogP contribution is 2.36. The lowest BCUT2D eigenvalue weighted by Gasteiger charge is -2.13. The monoisotopic (exact) mass is 232 g/mol. The lowest BCUT2D eigenvalue weighted by Crippen LogP contribution is -1.93. The van der Waals surface area contributed by atoms with Crippen molar-refractivity contribution >= 4 is 10.8 Å². The summed E-state index contributed by atoms with van der Waals surface area (Å²) >= 11 is 0. The van der Waals surface area contributed by atoms with Gasteiger partial charge in [-0.25, -0.2) is 0 Å². The number of aryl methyl sites for hydroxylation is 1. The van der Waals surface area contributed by atoms with Crippen LogP contribution in [-0.2, 0) is 0 Å². The molecule has 0 bridgehead atoms. The van der Waals surface area contributed by atoms with E-state index in [1.165, 1.54) is 0 Å². The molecule has 90 valence electrons. The van der Waals surface area contributed by atoms with Crippen LogP contribution in [-0.4, -0.2) is 21.3 Å². The highest BCUT2D eigenvalue weighted by atomic mass is 16.5. The van der Waals surface area contributed by atoms with Crippen molar-refractivity contribution in [1.82, 2.24) is 0 Å². The minimum atomic E-state index is 0.810. The van der Waals surface area contributed by atoms with Crippen LogP contribution in [0.2, 0.25) is 0 Å². The number of rotatable bonds is 3. The zero-order chi connectivity index (χ0) is 12.4. The molecule has 0 spiro atoms. The molecule has 2 rings (SSSR count). The highest BCUT2D eigenvalue weighted by Gasteiger charge is 2.10. The molecule has 3 heteroatoms. The molecule has 3 nitrogen and oxygen atoms in total. The second kappa shape index (κ2) is 4.53. The van der Waals surface area contributed by atoms with E-state index in [2.05, 4.69) is 0 Å². The molecular formula is C14H16O3. The first-order chi connectivity index (χ1) is 8.21. The molecule has 0 unspecified atom stereocenters. The summed E-state index contributed by atoms with van der Waals surface area (Å²) in [5.74, 6) is 2.46. The zero-order valence-electron chi connectivity index (χ0n) is 10.5. The maximum Gasteiger partial charge on any atom is 0.130 e. The van der Waals surface area contributed by atoms with Gasteiger partial charge in [0.1, 0.15) is 17.2 Å². The summed E-state index contributed by atoms with van der Waals surface area (Å²) in [6.07, 6.45) is 0. The number of fused-ring (bicyclic) bond motifs is 1. The van der Waals surface area contributed by atoms with Crippen LogP contribution in [0.15, 0.2) is 24.3 Å². The summed E-state index contributed by atoms with van der Waals surface area (Å²) in [5.41, 5.74) is 1.09. The molecule has 0 aromatic heterocycles. The van der Waals surface area contributed by atoms with E-state index in [-0.39, 0.29) is 0 Å². The molecule has 2 aromatic rings. The van der Waals surface area contributed by atoms with E-state index in [0.29, 0.717) is 0 Å². The first-order valence-electron chi connectivity index (χ1n) is 5.40. The normalized spacial score (nSPS) is 10.4. The van der Waals surface area contributed by atoms with E-state index in [1.54, 1.807) is 21.3 Å². The van der Waals surface area contributed by atoms with Crippen LogP contribution in [0, 0.1) is 6.92 Å². The van der Waals surface area contributed by atoms with Gasteiger partial charge in [-0.05, 0) is 36.1 Å². The van der Waals surface area contributed by atoms with Gasteiger partial charge in [-0.15, -0.1) is 0 Å². The first-order valence-corrected chi connectivity index (χ1v) is 5.40. The predicted molar refractivity (Wildman–Crippen MR) is 68.3 cm³/mol. The van der Waals surface area contributed by atoms with Crippen molar-refractivity contribution in [2.45, 2.75) is 6.92 Å². The smallest absolute Gasteiger partial charge is 0.130 e. The van der Waals surface area contributed by atoms with Crippen LogP contribution < -0.4 is 14.2 Å². The van der Waals surface area contributed by atoms with Gasteiger partial charge in [-0.1, -0.05) is 0 Å². The molecule has 0 aliphatic heterocycles. The van der Waals surface area contributed by atoms with Crippen LogP contribution in [0.25, 0.3) is 10.8 Å². The van der Waals surface area contributed by atoms with Gasteiger partial charge in [0.15, 0.2) is 0 Å². The minimum Gasteiger partial charge on any atom is -0.497 e. The Morgan fingerprint density at radius 1 is 0.765 bits per heavy atom. The SMILES string of the molecule is COc1ccc2c(OC)cc(OC)c(C)c2c1. The average molecular weight is 232 g/mol. The average Bonchev–Trinajstić information content (AvgIpc) is 2.39.